The molecule has 2 heterocycles. The van der Waals surface area contributed by atoms with Crippen molar-refractivity contribution in [2.75, 3.05) is 19.8 Å². The third-order valence-corrected chi connectivity index (χ3v) is 7.53. The van der Waals surface area contributed by atoms with Crippen LogP contribution in [0.1, 0.15) is 68.4 Å². The fourth-order valence-electron chi connectivity index (χ4n) is 4.61. The van der Waals surface area contributed by atoms with Gasteiger partial charge in [-0.1, -0.05) is 17.7 Å². The molecular weight excluding hydrogens is 666 g/mol. The summed E-state index contributed by atoms with van der Waals surface area (Å²) in [5, 5.41) is 0.448. The number of unbranched alkanes of at least 4 members (excludes halogenated alkanes) is 1. The predicted octanol–water partition coefficient (Wildman–Crippen LogP) is 6.90. The summed E-state index contributed by atoms with van der Waals surface area (Å²) >= 11 is 9.92. The van der Waals surface area contributed by atoms with Gasteiger partial charge in [0.2, 0.25) is 5.62 Å². The van der Waals surface area contributed by atoms with Crippen LogP contribution in [0, 0.1) is 0 Å². The number of esters is 1. The van der Waals surface area contributed by atoms with E-state index >= 15 is 0 Å². The Morgan fingerprint density at radius 3 is 2.67 bits per heavy atom. The second kappa shape index (κ2) is 15.0. The van der Waals surface area contributed by atoms with Crippen molar-refractivity contribution in [1.82, 2.24) is 9.13 Å². The van der Waals surface area contributed by atoms with Crippen LogP contribution in [0.15, 0.2) is 57.8 Å². The molecule has 240 valence electrons. The standard InChI is InChI=1S/C33H37BrClN3O7/c1-6-42-28(39)9-7-8-14-43-27-18-21(10-11-26(27)35)15-23-20-44-30-24(29(23)40)16-22(17-25(30)34)19-38-13-12-37(5)31(38)36-32(41)45-33(2,3)4/h10-13,15-18H,6-9,14,19-20H2,1-5H3/b23-15+,36-31?. The molecule has 12 heteroatoms. The molecule has 0 spiro atoms. The summed E-state index contributed by atoms with van der Waals surface area (Å²) in [6.45, 7) is 8.32. The highest BCUT2D eigenvalue weighted by molar-refractivity contribution is 9.10. The van der Waals surface area contributed by atoms with Crippen LogP contribution in [0.2, 0.25) is 5.02 Å². The number of imidazole rings is 1. The number of hydrogen-bond acceptors (Lipinski definition) is 7. The number of rotatable bonds is 10. The van der Waals surface area contributed by atoms with Crippen molar-refractivity contribution in [3.8, 4) is 11.5 Å². The van der Waals surface area contributed by atoms with Gasteiger partial charge in [-0.3, -0.25) is 9.59 Å². The number of nitrogens with zero attached hydrogens (tertiary/aromatic N) is 3. The van der Waals surface area contributed by atoms with Crippen LogP contribution in [0.3, 0.4) is 0 Å². The third kappa shape index (κ3) is 9.34. The minimum absolute atomic E-state index is 0.100. The van der Waals surface area contributed by atoms with E-state index in [4.69, 9.17) is 30.5 Å². The molecule has 0 saturated heterocycles. The number of amides is 1. The van der Waals surface area contributed by atoms with Crippen LogP contribution in [0.5, 0.6) is 11.5 Å². The number of carbonyl (C=O) groups is 3. The molecule has 1 aliphatic rings. The molecule has 4 rings (SSSR count). The fourth-order valence-corrected chi connectivity index (χ4v) is 5.40. The van der Waals surface area contributed by atoms with Crippen molar-refractivity contribution in [1.29, 1.82) is 0 Å². The second-order valence-electron chi connectivity index (χ2n) is 11.5. The quantitative estimate of drug-likeness (QED) is 0.128. The van der Waals surface area contributed by atoms with E-state index in [0.717, 1.165) is 11.1 Å². The molecule has 3 aromatic rings. The van der Waals surface area contributed by atoms with Gasteiger partial charge in [0.05, 0.1) is 34.8 Å². The van der Waals surface area contributed by atoms with E-state index in [1.54, 1.807) is 86.6 Å². The smallest absolute Gasteiger partial charge is 0.437 e. The van der Waals surface area contributed by atoms with Crippen molar-refractivity contribution in [3.63, 3.8) is 0 Å². The van der Waals surface area contributed by atoms with Crippen molar-refractivity contribution in [3.05, 3.63) is 80.1 Å². The Bertz CT molecular complexity index is 1680. The lowest BCUT2D eigenvalue weighted by Gasteiger charge is -2.21. The molecule has 1 aliphatic heterocycles. The Morgan fingerprint density at radius 1 is 1.16 bits per heavy atom. The molecule has 0 unspecified atom stereocenters. The Labute approximate surface area is 275 Å². The van der Waals surface area contributed by atoms with Gasteiger partial charge in [-0.25, -0.2) is 4.79 Å². The number of carbonyl (C=O) groups excluding carboxylic acids is 3. The van der Waals surface area contributed by atoms with E-state index in [1.165, 1.54) is 0 Å². The van der Waals surface area contributed by atoms with E-state index in [2.05, 4.69) is 20.9 Å². The van der Waals surface area contributed by atoms with Crippen molar-refractivity contribution in [2.45, 2.75) is 59.1 Å². The summed E-state index contributed by atoms with van der Waals surface area (Å²) in [6, 6.07) is 8.97. The molecule has 0 bridgehead atoms. The van der Waals surface area contributed by atoms with Gasteiger partial charge in [0.1, 0.15) is 23.7 Å². The minimum atomic E-state index is -0.687. The molecular formula is C33H37BrClN3O7. The summed E-state index contributed by atoms with van der Waals surface area (Å²) in [6.07, 6.45) is 6.32. The third-order valence-electron chi connectivity index (χ3n) is 6.63. The van der Waals surface area contributed by atoms with E-state index in [-0.39, 0.29) is 18.4 Å². The number of aromatic nitrogens is 2. The van der Waals surface area contributed by atoms with E-state index < -0.39 is 11.7 Å². The fraction of sp³-hybridized carbons (Fsp3) is 0.394. The predicted molar refractivity (Wildman–Crippen MR) is 174 cm³/mol. The summed E-state index contributed by atoms with van der Waals surface area (Å²) in [5.41, 5.74) is 2.17. The number of fused-ring (bicyclic) bond motifs is 1. The van der Waals surface area contributed by atoms with Crippen molar-refractivity contribution in [2.24, 2.45) is 12.0 Å². The summed E-state index contributed by atoms with van der Waals surface area (Å²) < 4.78 is 26.3. The van der Waals surface area contributed by atoms with E-state index in [1.807, 2.05) is 6.07 Å². The lowest BCUT2D eigenvalue weighted by molar-refractivity contribution is -0.143. The topological polar surface area (TPSA) is 110 Å². The monoisotopic (exact) mass is 701 g/mol. The van der Waals surface area contributed by atoms with Crippen molar-refractivity contribution < 1.29 is 33.3 Å². The van der Waals surface area contributed by atoms with Crippen LogP contribution in [-0.2, 0) is 27.9 Å². The molecule has 2 aromatic carbocycles. The first-order chi connectivity index (χ1) is 21.3. The Kier molecular flexibility index (Phi) is 11.3. The first-order valence-corrected chi connectivity index (χ1v) is 15.8. The van der Waals surface area contributed by atoms with Crippen LogP contribution in [-0.4, -0.2) is 52.4 Å². The molecule has 0 N–H and O–H groups in total. The molecule has 0 saturated carbocycles. The molecule has 0 atom stereocenters. The first-order valence-electron chi connectivity index (χ1n) is 14.6. The summed E-state index contributed by atoms with van der Waals surface area (Å²) in [7, 11) is 1.79. The largest absolute Gasteiger partial charge is 0.492 e. The lowest BCUT2D eigenvalue weighted by atomic mass is 9.96. The Morgan fingerprint density at radius 2 is 1.93 bits per heavy atom. The average molecular weight is 703 g/mol. The molecule has 45 heavy (non-hydrogen) atoms. The van der Waals surface area contributed by atoms with Gasteiger partial charge in [-0.05, 0) is 97.9 Å². The maximum atomic E-state index is 13.7. The zero-order valence-electron chi connectivity index (χ0n) is 26.0. The zero-order chi connectivity index (χ0) is 32.7. The van der Waals surface area contributed by atoms with Crippen LogP contribution >= 0.6 is 27.5 Å². The van der Waals surface area contributed by atoms with Crippen LogP contribution in [0.25, 0.3) is 6.08 Å². The number of aryl methyl sites for hydroxylation is 1. The zero-order valence-corrected chi connectivity index (χ0v) is 28.4. The molecule has 0 fully saturated rings. The van der Waals surface area contributed by atoms with Gasteiger partial charge in [0.25, 0.3) is 0 Å². The van der Waals surface area contributed by atoms with Crippen LogP contribution < -0.4 is 15.1 Å². The van der Waals surface area contributed by atoms with E-state index in [0.29, 0.717) is 76.8 Å². The van der Waals surface area contributed by atoms with Gasteiger partial charge >= 0.3 is 12.1 Å². The van der Waals surface area contributed by atoms with Gasteiger partial charge < -0.3 is 28.1 Å². The summed E-state index contributed by atoms with van der Waals surface area (Å²) in [4.78, 5) is 41.7. The number of benzene rings is 2. The highest BCUT2D eigenvalue weighted by atomic mass is 79.9. The van der Waals surface area contributed by atoms with Gasteiger partial charge in [-0.2, -0.15) is 0 Å². The first kappa shape index (κ1) is 34.1. The number of ether oxygens (including phenoxy) is 4. The van der Waals surface area contributed by atoms with Crippen molar-refractivity contribution >= 4 is 51.5 Å². The highest BCUT2D eigenvalue weighted by Crippen LogP contribution is 2.37. The molecule has 0 radical (unpaired) electrons. The van der Waals surface area contributed by atoms with E-state index in [9.17, 15) is 14.4 Å². The average Bonchev–Trinajstić information content (AvgIpc) is 3.29. The number of ketones is 1. The molecule has 0 aliphatic carbocycles. The lowest BCUT2D eigenvalue weighted by Crippen LogP contribution is -2.29. The van der Waals surface area contributed by atoms with Crippen LogP contribution in [0.4, 0.5) is 4.79 Å². The van der Waals surface area contributed by atoms with Gasteiger partial charge in [-0.15, -0.1) is 4.99 Å². The molecule has 10 nitrogen and oxygen atoms in total. The second-order valence-corrected chi connectivity index (χ2v) is 12.7. The molecule has 1 amide bonds. The summed E-state index contributed by atoms with van der Waals surface area (Å²) in [5.74, 6) is 0.582. The highest BCUT2D eigenvalue weighted by Gasteiger charge is 2.26. The maximum absolute atomic E-state index is 13.7. The number of halogens is 2. The Hall–Kier alpha value is -3.83. The van der Waals surface area contributed by atoms with Gasteiger partial charge in [0, 0.05) is 31.4 Å². The molecule has 1 aromatic heterocycles. The number of hydrogen-bond donors (Lipinski definition) is 0. The normalized spacial score (nSPS) is 14.2. The Balaban J connectivity index is 1.51. The SMILES string of the molecule is CCOC(=O)CCCCOc1cc(/C=C2\COc3c(Br)cc(Cn4ccn(C)c4=NC(=O)OC(C)(C)C)cc3C2=O)ccc1Cl. The maximum Gasteiger partial charge on any atom is 0.437 e. The minimum Gasteiger partial charge on any atom is -0.492 e. The van der Waals surface area contributed by atoms with Gasteiger partial charge in [0.15, 0.2) is 5.78 Å². The number of Topliss-reactive ketones (excluding diaryl/α,β-unsaturated/α-hetero) is 1.